The summed E-state index contributed by atoms with van der Waals surface area (Å²) in [5, 5.41) is 15.1. The maximum absolute atomic E-state index is 8.89. The molecule has 0 aromatic carbocycles. The first-order valence-electron chi connectivity index (χ1n) is 4.78. The Hall–Kier alpha value is -1.93. The van der Waals surface area contributed by atoms with Crippen molar-refractivity contribution in [2.45, 2.75) is 13.5 Å². The van der Waals surface area contributed by atoms with E-state index >= 15 is 0 Å². The summed E-state index contributed by atoms with van der Waals surface area (Å²) >= 11 is 1.61. The Morgan fingerprint density at radius 1 is 1.56 bits per heavy atom. The molecule has 80 valence electrons. The number of aryl methyl sites for hydroxylation is 1. The van der Waals surface area contributed by atoms with E-state index in [1.54, 1.807) is 29.8 Å². The van der Waals surface area contributed by atoms with Crippen molar-refractivity contribution in [1.29, 1.82) is 5.26 Å². The summed E-state index contributed by atoms with van der Waals surface area (Å²) in [7, 11) is 0. The van der Waals surface area contributed by atoms with Crippen LogP contribution < -0.4 is 5.32 Å². The smallest absolute Gasteiger partial charge is 0.112 e. The van der Waals surface area contributed by atoms with Gasteiger partial charge in [0.25, 0.3) is 0 Å². The van der Waals surface area contributed by atoms with Crippen LogP contribution in [-0.4, -0.2) is 9.97 Å². The molecule has 2 aromatic heterocycles. The van der Waals surface area contributed by atoms with Crippen LogP contribution in [0.5, 0.6) is 0 Å². The molecule has 2 rings (SSSR count). The van der Waals surface area contributed by atoms with E-state index in [4.69, 9.17) is 5.26 Å². The number of rotatable bonds is 3. The fourth-order valence-electron chi connectivity index (χ4n) is 1.29. The van der Waals surface area contributed by atoms with E-state index in [0.717, 1.165) is 16.4 Å². The topological polar surface area (TPSA) is 61.6 Å². The minimum absolute atomic E-state index is 0.600. The fourth-order valence-corrected chi connectivity index (χ4v) is 2.00. The van der Waals surface area contributed by atoms with Crippen molar-refractivity contribution in [1.82, 2.24) is 9.97 Å². The predicted octanol–water partition coefficient (Wildman–Crippen LogP) is 2.33. The summed E-state index contributed by atoms with van der Waals surface area (Å²) in [6, 6.07) is 3.81. The van der Waals surface area contributed by atoms with E-state index in [1.807, 2.05) is 12.3 Å². The summed E-state index contributed by atoms with van der Waals surface area (Å²) in [6.07, 6.45) is 3.26. The Kier molecular flexibility index (Phi) is 3.13. The summed E-state index contributed by atoms with van der Waals surface area (Å²) in [4.78, 5) is 8.31. The Balaban J connectivity index is 2.08. The van der Waals surface area contributed by atoms with Gasteiger partial charge in [-0.05, 0) is 13.0 Å². The van der Waals surface area contributed by atoms with Crippen LogP contribution in [0, 0.1) is 18.3 Å². The van der Waals surface area contributed by atoms with Gasteiger partial charge in [0.1, 0.15) is 11.1 Å². The maximum Gasteiger partial charge on any atom is 0.112 e. The molecule has 0 aliphatic rings. The highest BCUT2D eigenvalue weighted by Gasteiger charge is 2.02. The highest BCUT2D eigenvalue weighted by molar-refractivity contribution is 7.09. The van der Waals surface area contributed by atoms with Crippen LogP contribution in [0.15, 0.2) is 23.8 Å². The summed E-state index contributed by atoms with van der Waals surface area (Å²) in [5.41, 5.74) is 2.37. The van der Waals surface area contributed by atoms with Gasteiger partial charge in [-0.1, -0.05) is 0 Å². The molecule has 0 fully saturated rings. The van der Waals surface area contributed by atoms with E-state index in [0.29, 0.717) is 12.1 Å². The van der Waals surface area contributed by atoms with E-state index in [9.17, 15) is 0 Å². The molecular weight excluding hydrogens is 220 g/mol. The van der Waals surface area contributed by atoms with Gasteiger partial charge in [0.15, 0.2) is 0 Å². The second kappa shape index (κ2) is 4.73. The molecule has 2 heterocycles. The highest BCUT2D eigenvalue weighted by Crippen LogP contribution is 2.15. The van der Waals surface area contributed by atoms with Crippen LogP contribution in [0.2, 0.25) is 0 Å². The third-order valence-corrected chi connectivity index (χ3v) is 3.00. The number of anilines is 1. The number of nitrogens with zero attached hydrogens (tertiary/aromatic N) is 3. The van der Waals surface area contributed by atoms with Crippen LogP contribution in [0.4, 0.5) is 5.69 Å². The van der Waals surface area contributed by atoms with E-state index in [2.05, 4.69) is 21.4 Å². The average Bonchev–Trinajstić information content (AvgIpc) is 2.73. The van der Waals surface area contributed by atoms with Crippen molar-refractivity contribution in [3.05, 3.63) is 40.1 Å². The van der Waals surface area contributed by atoms with Crippen molar-refractivity contribution in [3.63, 3.8) is 0 Å². The first-order chi connectivity index (χ1) is 7.79. The van der Waals surface area contributed by atoms with Crippen molar-refractivity contribution < 1.29 is 0 Å². The quantitative estimate of drug-likeness (QED) is 0.879. The van der Waals surface area contributed by atoms with Crippen molar-refractivity contribution in [3.8, 4) is 6.07 Å². The number of hydrogen-bond acceptors (Lipinski definition) is 5. The molecule has 5 heteroatoms. The number of hydrogen-bond donors (Lipinski definition) is 1. The van der Waals surface area contributed by atoms with Gasteiger partial charge in [0.05, 0.1) is 24.0 Å². The number of nitrogens with one attached hydrogen (secondary N) is 1. The van der Waals surface area contributed by atoms with E-state index in [1.165, 1.54) is 0 Å². The molecule has 2 aromatic rings. The molecular formula is C11H10N4S. The summed E-state index contributed by atoms with van der Waals surface area (Å²) < 4.78 is 0. The molecule has 0 spiro atoms. The molecule has 4 nitrogen and oxygen atoms in total. The van der Waals surface area contributed by atoms with Gasteiger partial charge in [-0.2, -0.15) is 5.26 Å². The van der Waals surface area contributed by atoms with Crippen molar-refractivity contribution in [2.75, 3.05) is 5.32 Å². The van der Waals surface area contributed by atoms with Gasteiger partial charge >= 0.3 is 0 Å². The SMILES string of the molecule is Cc1csc(CNc2cnccc2C#N)n1. The molecule has 0 radical (unpaired) electrons. The number of pyridine rings is 1. The van der Waals surface area contributed by atoms with Crippen LogP contribution in [0.25, 0.3) is 0 Å². The van der Waals surface area contributed by atoms with Gasteiger partial charge in [0.2, 0.25) is 0 Å². The first kappa shape index (κ1) is 10.6. The van der Waals surface area contributed by atoms with Gasteiger partial charge in [-0.3, -0.25) is 4.98 Å². The van der Waals surface area contributed by atoms with Gasteiger partial charge in [-0.15, -0.1) is 11.3 Å². The Bertz CT molecular complexity index is 527. The van der Waals surface area contributed by atoms with E-state index < -0.39 is 0 Å². The zero-order chi connectivity index (χ0) is 11.4. The Morgan fingerprint density at radius 3 is 3.12 bits per heavy atom. The molecule has 0 amide bonds. The lowest BCUT2D eigenvalue weighted by Crippen LogP contribution is -2.01. The van der Waals surface area contributed by atoms with Crippen molar-refractivity contribution >= 4 is 17.0 Å². The van der Waals surface area contributed by atoms with Crippen LogP contribution in [0.3, 0.4) is 0 Å². The third-order valence-electron chi connectivity index (χ3n) is 2.04. The van der Waals surface area contributed by atoms with Crippen LogP contribution in [-0.2, 0) is 6.54 Å². The molecule has 0 atom stereocenters. The summed E-state index contributed by atoms with van der Waals surface area (Å²) in [5.74, 6) is 0. The molecule has 0 aliphatic carbocycles. The minimum Gasteiger partial charge on any atom is -0.376 e. The minimum atomic E-state index is 0.600. The second-order valence-corrected chi connectivity index (χ2v) is 4.21. The zero-order valence-corrected chi connectivity index (χ0v) is 9.58. The molecule has 0 unspecified atom stereocenters. The van der Waals surface area contributed by atoms with Gasteiger partial charge < -0.3 is 5.32 Å². The molecule has 0 bridgehead atoms. The molecule has 1 N–H and O–H groups in total. The van der Waals surface area contributed by atoms with Crippen molar-refractivity contribution in [2.24, 2.45) is 0 Å². The monoisotopic (exact) mass is 230 g/mol. The zero-order valence-electron chi connectivity index (χ0n) is 8.77. The van der Waals surface area contributed by atoms with Crippen LogP contribution >= 0.6 is 11.3 Å². The van der Waals surface area contributed by atoms with Gasteiger partial charge in [-0.25, -0.2) is 4.98 Å². The molecule has 0 aliphatic heterocycles. The number of aromatic nitrogens is 2. The average molecular weight is 230 g/mol. The lowest BCUT2D eigenvalue weighted by Gasteiger charge is -2.04. The number of thiazole rings is 1. The third kappa shape index (κ3) is 2.35. The standard InChI is InChI=1S/C11H10N4S/c1-8-7-16-11(15-8)6-14-10-5-13-3-2-9(10)4-12/h2-3,5,7,14H,6H2,1H3. The van der Waals surface area contributed by atoms with Crippen LogP contribution in [0.1, 0.15) is 16.3 Å². The lowest BCUT2D eigenvalue weighted by molar-refractivity contribution is 1.07. The number of nitriles is 1. The maximum atomic E-state index is 8.89. The molecule has 16 heavy (non-hydrogen) atoms. The first-order valence-corrected chi connectivity index (χ1v) is 5.66. The Morgan fingerprint density at radius 2 is 2.44 bits per heavy atom. The van der Waals surface area contributed by atoms with E-state index in [-0.39, 0.29) is 0 Å². The highest BCUT2D eigenvalue weighted by atomic mass is 32.1. The molecule has 0 saturated heterocycles. The summed E-state index contributed by atoms with van der Waals surface area (Å²) in [6.45, 7) is 2.59. The van der Waals surface area contributed by atoms with Gasteiger partial charge in [0, 0.05) is 17.3 Å². The lowest BCUT2D eigenvalue weighted by atomic mass is 10.2. The predicted molar refractivity (Wildman–Crippen MR) is 63.1 cm³/mol. The second-order valence-electron chi connectivity index (χ2n) is 3.27. The fraction of sp³-hybridized carbons (Fsp3) is 0.182. The largest absolute Gasteiger partial charge is 0.376 e. The Labute approximate surface area is 97.6 Å². The normalized spacial score (nSPS) is 9.75. The molecule has 0 saturated carbocycles.